The molecule has 1 aromatic carbocycles. The molecule has 0 spiro atoms. The Morgan fingerprint density at radius 1 is 1.19 bits per heavy atom. The van der Waals surface area contributed by atoms with Gasteiger partial charge in [0, 0.05) is 22.2 Å². The highest BCUT2D eigenvalue weighted by molar-refractivity contribution is 7.10. The van der Waals surface area contributed by atoms with E-state index in [1.807, 2.05) is 34.3 Å². The van der Waals surface area contributed by atoms with Gasteiger partial charge in [-0.05, 0) is 40.4 Å². The SMILES string of the molecule is O=C(NC[C@@](O)(c1ccsc1)c1cccs1)Nc1ccc2c(c1)OCO2. The van der Waals surface area contributed by atoms with Gasteiger partial charge in [0.15, 0.2) is 11.5 Å². The molecule has 1 aliphatic heterocycles. The van der Waals surface area contributed by atoms with E-state index in [0.717, 1.165) is 10.4 Å². The molecule has 0 bridgehead atoms. The molecule has 3 aromatic rings. The maximum absolute atomic E-state index is 12.3. The van der Waals surface area contributed by atoms with Crippen molar-refractivity contribution >= 4 is 34.4 Å². The first-order chi connectivity index (χ1) is 12.6. The number of ether oxygens (including phenoxy) is 2. The summed E-state index contributed by atoms with van der Waals surface area (Å²) in [6.07, 6.45) is 0. The van der Waals surface area contributed by atoms with E-state index in [1.54, 1.807) is 18.2 Å². The lowest BCUT2D eigenvalue weighted by molar-refractivity contribution is 0.0871. The second kappa shape index (κ2) is 6.99. The van der Waals surface area contributed by atoms with Crippen molar-refractivity contribution in [3.63, 3.8) is 0 Å². The number of hydrogen-bond donors (Lipinski definition) is 3. The van der Waals surface area contributed by atoms with Gasteiger partial charge >= 0.3 is 6.03 Å². The Labute approximate surface area is 158 Å². The molecule has 26 heavy (non-hydrogen) atoms. The van der Waals surface area contributed by atoms with Crippen LogP contribution in [-0.2, 0) is 5.60 Å². The zero-order valence-electron chi connectivity index (χ0n) is 13.6. The van der Waals surface area contributed by atoms with Gasteiger partial charge in [0.1, 0.15) is 5.60 Å². The number of aliphatic hydroxyl groups is 1. The minimum atomic E-state index is -1.26. The Hall–Kier alpha value is -2.55. The third-order valence-electron chi connectivity index (χ3n) is 4.06. The van der Waals surface area contributed by atoms with Gasteiger partial charge < -0.3 is 25.2 Å². The molecule has 6 nitrogen and oxygen atoms in total. The number of rotatable bonds is 5. The number of urea groups is 1. The van der Waals surface area contributed by atoms with Crippen molar-refractivity contribution in [2.75, 3.05) is 18.7 Å². The zero-order chi connectivity index (χ0) is 18.0. The van der Waals surface area contributed by atoms with Crippen LogP contribution in [0.15, 0.2) is 52.5 Å². The van der Waals surface area contributed by atoms with E-state index >= 15 is 0 Å². The molecule has 2 aromatic heterocycles. The van der Waals surface area contributed by atoms with E-state index in [2.05, 4.69) is 10.6 Å². The molecular formula is C18H16N2O4S2. The highest BCUT2D eigenvalue weighted by Gasteiger charge is 2.33. The summed E-state index contributed by atoms with van der Waals surface area (Å²) in [6, 6.07) is 10.4. The van der Waals surface area contributed by atoms with Crippen LogP contribution in [0.1, 0.15) is 10.4 Å². The number of fused-ring (bicyclic) bond motifs is 1. The molecule has 1 atom stereocenters. The standard InChI is InChI=1S/C18H16N2O4S2/c21-17(20-13-3-4-14-15(8-13)24-11-23-14)19-10-18(22,12-5-7-25-9-12)16-2-1-6-26-16/h1-9,22H,10-11H2,(H2,19,20,21)/t18-/m1/s1. The molecule has 0 unspecified atom stereocenters. The zero-order valence-corrected chi connectivity index (χ0v) is 15.2. The molecule has 1 aliphatic rings. The van der Waals surface area contributed by atoms with Crippen LogP contribution in [0.2, 0.25) is 0 Å². The quantitative estimate of drug-likeness (QED) is 0.624. The van der Waals surface area contributed by atoms with Crippen LogP contribution in [0.4, 0.5) is 10.5 Å². The summed E-state index contributed by atoms with van der Waals surface area (Å²) in [5.74, 6) is 1.25. The fourth-order valence-corrected chi connectivity index (χ4v) is 4.27. The first kappa shape index (κ1) is 16.9. The lowest BCUT2D eigenvalue weighted by Gasteiger charge is -2.27. The molecule has 0 aliphatic carbocycles. The molecular weight excluding hydrogens is 372 g/mol. The lowest BCUT2D eigenvalue weighted by atomic mass is 9.94. The Kier molecular flexibility index (Phi) is 4.54. The van der Waals surface area contributed by atoms with Crippen LogP contribution in [0.3, 0.4) is 0 Å². The summed E-state index contributed by atoms with van der Waals surface area (Å²) < 4.78 is 10.6. The normalized spacial score (nSPS) is 14.7. The van der Waals surface area contributed by atoms with E-state index in [0.29, 0.717) is 17.2 Å². The molecule has 2 amide bonds. The van der Waals surface area contributed by atoms with Gasteiger partial charge in [0.25, 0.3) is 0 Å². The summed E-state index contributed by atoms with van der Waals surface area (Å²) >= 11 is 2.95. The fraction of sp³-hybridized carbons (Fsp3) is 0.167. The third kappa shape index (κ3) is 3.26. The first-order valence-corrected chi connectivity index (χ1v) is 9.71. The van der Waals surface area contributed by atoms with Gasteiger partial charge in [-0.25, -0.2) is 4.79 Å². The number of benzene rings is 1. The van der Waals surface area contributed by atoms with Crippen molar-refractivity contribution in [2.45, 2.75) is 5.60 Å². The maximum Gasteiger partial charge on any atom is 0.319 e. The van der Waals surface area contributed by atoms with E-state index in [9.17, 15) is 9.90 Å². The van der Waals surface area contributed by atoms with Crippen molar-refractivity contribution in [2.24, 2.45) is 0 Å². The van der Waals surface area contributed by atoms with Crippen molar-refractivity contribution in [1.82, 2.24) is 5.32 Å². The predicted molar refractivity (Wildman–Crippen MR) is 101 cm³/mol. The van der Waals surface area contributed by atoms with Crippen LogP contribution < -0.4 is 20.1 Å². The van der Waals surface area contributed by atoms with Gasteiger partial charge in [-0.2, -0.15) is 11.3 Å². The topological polar surface area (TPSA) is 79.8 Å². The largest absolute Gasteiger partial charge is 0.454 e. The predicted octanol–water partition coefficient (Wildman–Crippen LogP) is 3.60. The molecule has 3 N–H and O–H groups in total. The Morgan fingerprint density at radius 3 is 2.85 bits per heavy atom. The third-order valence-corrected chi connectivity index (χ3v) is 5.77. The number of amides is 2. The van der Waals surface area contributed by atoms with Crippen molar-refractivity contribution in [1.29, 1.82) is 0 Å². The minimum absolute atomic E-state index is 0.0562. The van der Waals surface area contributed by atoms with E-state index < -0.39 is 11.6 Å². The average molecular weight is 388 g/mol. The number of thiophene rings is 2. The van der Waals surface area contributed by atoms with Crippen LogP contribution >= 0.6 is 22.7 Å². The summed E-state index contributed by atoms with van der Waals surface area (Å²) in [7, 11) is 0. The van der Waals surface area contributed by atoms with Gasteiger partial charge in [0.2, 0.25) is 6.79 Å². The lowest BCUT2D eigenvalue weighted by Crippen LogP contribution is -2.42. The molecule has 4 rings (SSSR count). The van der Waals surface area contributed by atoms with E-state index in [4.69, 9.17) is 9.47 Å². The van der Waals surface area contributed by atoms with E-state index in [1.165, 1.54) is 22.7 Å². The van der Waals surface area contributed by atoms with Crippen molar-refractivity contribution in [3.8, 4) is 11.5 Å². The highest BCUT2D eigenvalue weighted by Crippen LogP contribution is 2.35. The van der Waals surface area contributed by atoms with Gasteiger partial charge in [-0.3, -0.25) is 0 Å². The molecule has 3 heterocycles. The first-order valence-electron chi connectivity index (χ1n) is 7.89. The smallest absolute Gasteiger partial charge is 0.319 e. The van der Waals surface area contributed by atoms with E-state index in [-0.39, 0.29) is 13.3 Å². The van der Waals surface area contributed by atoms with Crippen LogP contribution in [-0.4, -0.2) is 24.5 Å². The minimum Gasteiger partial charge on any atom is -0.454 e. The molecule has 0 fully saturated rings. The summed E-state index contributed by atoms with van der Waals surface area (Å²) in [5, 5.41) is 22.4. The molecule has 0 saturated carbocycles. The Balaban J connectivity index is 1.45. The Morgan fingerprint density at radius 2 is 2.08 bits per heavy atom. The van der Waals surface area contributed by atoms with Crippen LogP contribution in [0.5, 0.6) is 11.5 Å². The highest BCUT2D eigenvalue weighted by atomic mass is 32.1. The number of anilines is 1. The summed E-state index contributed by atoms with van der Waals surface area (Å²) in [6.45, 7) is 0.236. The second-order valence-electron chi connectivity index (χ2n) is 5.73. The fourth-order valence-electron chi connectivity index (χ4n) is 2.70. The number of nitrogens with one attached hydrogen (secondary N) is 2. The molecule has 8 heteroatoms. The van der Waals surface area contributed by atoms with Crippen molar-refractivity contribution < 1.29 is 19.4 Å². The number of carbonyl (C=O) groups excluding carboxylic acids is 1. The second-order valence-corrected chi connectivity index (χ2v) is 7.45. The molecule has 0 saturated heterocycles. The molecule has 134 valence electrons. The molecule has 0 radical (unpaired) electrons. The number of hydrogen-bond acceptors (Lipinski definition) is 6. The van der Waals surface area contributed by atoms with Gasteiger partial charge in [0.05, 0.1) is 6.54 Å². The summed E-state index contributed by atoms with van der Waals surface area (Å²) in [5.41, 5.74) is 0.0793. The van der Waals surface area contributed by atoms with Gasteiger partial charge in [-0.15, -0.1) is 11.3 Å². The number of carbonyl (C=O) groups is 1. The monoisotopic (exact) mass is 388 g/mol. The van der Waals surface area contributed by atoms with Crippen LogP contribution in [0, 0.1) is 0 Å². The van der Waals surface area contributed by atoms with Crippen LogP contribution in [0.25, 0.3) is 0 Å². The van der Waals surface area contributed by atoms with Crippen molar-refractivity contribution in [3.05, 3.63) is 63.0 Å². The van der Waals surface area contributed by atoms with Gasteiger partial charge in [-0.1, -0.05) is 6.07 Å². The average Bonchev–Trinajstić information content (AvgIpc) is 3.41. The summed E-state index contributed by atoms with van der Waals surface area (Å²) in [4.78, 5) is 13.1. The maximum atomic E-state index is 12.3. The Bertz CT molecular complexity index is 860.